The number of para-hydroxylation sites is 1. The third kappa shape index (κ3) is 5.09. The van der Waals surface area contributed by atoms with E-state index in [9.17, 15) is 14.4 Å². The summed E-state index contributed by atoms with van der Waals surface area (Å²) in [5.41, 5.74) is 5.12. The molecule has 3 N–H and O–H groups in total. The van der Waals surface area contributed by atoms with E-state index in [4.69, 9.17) is 9.84 Å². The number of hydrogen-bond donors (Lipinski definition) is 3. The molecule has 0 aliphatic heterocycles. The van der Waals surface area contributed by atoms with Gasteiger partial charge in [0.25, 0.3) is 5.91 Å². The van der Waals surface area contributed by atoms with Gasteiger partial charge in [-0.05, 0) is 40.3 Å². The Morgan fingerprint density at radius 2 is 1.50 bits per heavy atom. The maximum atomic E-state index is 12.6. The molecule has 1 unspecified atom stereocenters. The molecule has 2 amide bonds. The van der Waals surface area contributed by atoms with E-state index in [1.54, 1.807) is 31.2 Å². The van der Waals surface area contributed by atoms with Crippen LogP contribution in [0.25, 0.3) is 11.1 Å². The summed E-state index contributed by atoms with van der Waals surface area (Å²) in [7, 11) is 0. The summed E-state index contributed by atoms with van der Waals surface area (Å²) in [6.45, 7) is 2.13. The first-order valence-corrected chi connectivity index (χ1v) is 11.1. The molecule has 0 bridgehead atoms. The highest BCUT2D eigenvalue weighted by molar-refractivity contribution is 6.02. The van der Waals surface area contributed by atoms with Crippen LogP contribution in [0.15, 0.2) is 72.8 Å². The molecule has 4 rings (SSSR count). The van der Waals surface area contributed by atoms with Gasteiger partial charge in [0.2, 0.25) is 0 Å². The van der Waals surface area contributed by atoms with Crippen molar-refractivity contribution in [2.75, 3.05) is 18.5 Å². The maximum Gasteiger partial charge on any atom is 0.411 e. The molecule has 0 spiro atoms. The monoisotopic (exact) mass is 458 g/mol. The van der Waals surface area contributed by atoms with Crippen molar-refractivity contribution < 1.29 is 24.2 Å². The number of carbonyl (C=O) groups excluding carboxylic acids is 2. The summed E-state index contributed by atoms with van der Waals surface area (Å²) in [6.07, 6.45) is -0.693. The number of ether oxygens (including phenoxy) is 1. The number of nitrogens with one attached hydrogen (secondary N) is 2. The molecule has 1 atom stereocenters. The lowest BCUT2D eigenvalue weighted by atomic mass is 9.98. The van der Waals surface area contributed by atoms with E-state index in [2.05, 4.69) is 22.8 Å². The van der Waals surface area contributed by atoms with Gasteiger partial charge in [-0.3, -0.25) is 14.9 Å². The van der Waals surface area contributed by atoms with Crippen LogP contribution in [0, 0.1) is 5.92 Å². The molecule has 0 saturated heterocycles. The Bertz CT molecular complexity index is 1180. The molecule has 0 aromatic heterocycles. The third-order valence-electron chi connectivity index (χ3n) is 5.89. The van der Waals surface area contributed by atoms with Gasteiger partial charge in [-0.1, -0.05) is 67.6 Å². The fourth-order valence-electron chi connectivity index (χ4n) is 4.27. The Balaban J connectivity index is 1.40. The number of aliphatic carboxylic acids is 1. The van der Waals surface area contributed by atoms with Crippen LogP contribution >= 0.6 is 0 Å². The first kappa shape index (κ1) is 23.0. The van der Waals surface area contributed by atoms with Gasteiger partial charge in [0, 0.05) is 18.9 Å². The fraction of sp³-hybridized carbons (Fsp3) is 0.222. The largest absolute Gasteiger partial charge is 0.481 e. The molecule has 0 fully saturated rings. The summed E-state index contributed by atoms with van der Waals surface area (Å²) < 4.78 is 5.57. The second-order valence-corrected chi connectivity index (χ2v) is 8.41. The van der Waals surface area contributed by atoms with E-state index < -0.39 is 18.0 Å². The Kier molecular flexibility index (Phi) is 6.92. The van der Waals surface area contributed by atoms with Crippen molar-refractivity contribution in [1.29, 1.82) is 0 Å². The third-order valence-corrected chi connectivity index (χ3v) is 5.89. The van der Waals surface area contributed by atoms with Crippen LogP contribution in [0.1, 0.15) is 40.7 Å². The average molecular weight is 459 g/mol. The van der Waals surface area contributed by atoms with Crippen molar-refractivity contribution in [3.05, 3.63) is 89.5 Å². The molecule has 3 aromatic rings. The fourth-order valence-corrected chi connectivity index (χ4v) is 4.27. The zero-order chi connectivity index (χ0) is 24.1. The Morgan fingerprint density at radius 1 is 0.912 bits per heavy atom. The molecule has 3 aromatic carbocycles. The highest BCUT2D eigenvalue weighted by Crippen LogP contribution is 2.44. The number of amides is 2. The maximum absolute atomic E-state index is 12.6. The molecule has 7 heteroatoms. The van der Waals surface area contributed by atoms with Gasteiger partial charge in [0.15, 0.2) is 0 Å². The highest BCUT2D eigenvalue weighted by atomic mass is 16.5. The van der Waals surface area contributed by atoms with Crippen molar-refractivity contribution in [2.24, 2.45) is 5.92 Å². The van der Waals surface area contributed by atoms with Crippen LogP contribution < -0.4 is 10.6 Å². The first-order chi connectivity index (χ1) is 16.4. The van der Waals surface area contributed by atoms with E-state index >= 15 is 0 Å². The Labute approximate surface area is 197 Å². The number of carboxylic acid groups (broad SMARTS) is 1. The summed E-state index contributed by atoms with van der Waals surface area (Å²) in [4.78, 5) is 36.1. The molecule has 0 radical (unpaired) electrons. The van der Waals surface area contributed by atoms with Gasteiger partial charge in [0.05, 0.1) is 11.3 Å². The lowest BCUT2D eigenvalue weighted by Crippen LogP contribution is -2.30. The number of rotatable bonds is 8. The Morgan fingerprint density at radius 3 is 2.15 bits per heavy atom. The first-order valence-electron chi connectivity index (χ1n) is 11.1. The van der Waals surface area contributed by atoms with E-state index in [0.29, 0.717) is 5.69 Å². The number of carbonyl (C=O) groups is 3. The minimum absolute atomic E-state index is 0.0417. The van der Waals surface area contributed by atoms with Gasteiger partial charge in [-0.15, -0.1) is 0 Å². The van der Waals surface area contributed by atoms with Crippen LogP contribution in [0.5, 0.6) is 0 Å². The predicted octanol–water partition coefficient (Wildman–Crippen LogP) is 4.89. The van der Waals surface area contributed by atoms with Gasteiger partial charge >= 0.3 is 12.1 Å². The molecule has 1 aliphatic carbocycles. The summed E-state index contributed by atoms with van der Waals surface area (Å²) in [6, 6.07) is 22.8. The van der Waals surface area contributed by atoms with Crippen LogP contribution in [0.4, 0.5) is 10.5 Å². The molecular formula is C27H26N2O5. The van der Waals surface area contributed by atoms with Gasteiger partial charge in [0.1, 0.15) is 6.61 Å². The van der Waals surface area contributed by atoms with E-state index in [1.165, 1.54) is 0 Å². The lowest BCUT2D eigenvalue weighted by Gasteiger charge is -2.16. The lowest BCUT2D eigenvalue weighted by molar-refractivity contribution is -0.137. The molecule has 0 saturated carbocycles. The summed E-state index contributed by atoms with van der Waals surface area (Å²) in [5, 5.41) is 14.3. The minimum atomic E-state index is -0.918. The van der Waals surface area contributed by atoms with E-state index in [1.807, 2.05) is 36.4 Å². The molecule has 34 heavy (non-hydrogen) atoms. The topological polar surface area (TPSA) is 105 Å². The molecular weight excluding hydrogens is 432 g/mol. The van der Waals surface area contributed by atoms with Crippen LogP contribution in [-0.4, -0.2) is 36.2 Å². The number of benzene rings is 3. The molecule has 0 heterocycles. The van der Waals surface area contributed by atoms with Crippen LogP contribution in [-0.2, 0) is 9.53 Å². The summed E-state index contributed by atoms with van der Waals surface area (Å²) >= 11 is 0. The average Bonchev–Trinajstić information content (AvgIpc) is 3.15. The predicted molar refractivity (Wildman–Crippen MR) is 129 cm³/mol. The number of hydrogen-bond acceptors (Lipinski definition) is 4. The second-order valence-electron chi connectivity index (χ2n) is 8.41. The highest BCUT2D eigenvalue weighted by Gasteiger charge is 2.29. The van der Waals surface area contributed by atoms with Crippen LogP contribution in [0.3, 0.4) is 0 Å². The van der Waals surface area contributed by atoms with E-state index in [0.717, 1.165) is 22.3 Å². The SMILES string of the molecule is CC(CNC(=O)c1ccccc1NC(=O)OCC1c2ccccc2-c2ccccc21)CC(=O)O. The molecule has 174 valence electrons. The van der Waals surface area contributed by atoms with E-state index in [-0.39, 0.29) is 37.0 Å². The second kappa shape index (κ2) is 10.2. The van der Waals surface area contributed by atoms with Gasteiger partial charge in [-0.25, -0.2) is 4.79 Å². The molecule has 1 aliphatic rings. The number of fused-ring (bicyclic) bond motifs is 3. The van der Waals surface area contributed by atoms with Crippen LogP contribution in [0.2, 0.25) is 0 Å². The summed E-state index contributed by atoms with van der Waals surface area (Å²) in [5.74, 6) is -1.60. The van der Waals surface area contributed by atoms with Crippen molar-refractivity contribution in [2.45, 2.75) is 19.3 Å². The van der Waals surface area contributed by atoms with Crippen molar-refractivity contribution in [3.8, 4) is 11.1 Å². The van der Waals surface area contributed by atoms with Crippen molar-refractivity contribution >= 4 is 23.7 Å². The number of anilines is 1. The van der Waals surface area contributed by atoms with Crippen molar-refractivity contribution in [3.63, 3.8) is 0 Å². The normalized spacial score (nSPS) is 12.9. The Hall–Kier alpha value is -4.13. The zero-order valence-electron chi connectivity index (χ0n) is 18.8. The van der Waals surface area contributed by atoms with Gasteiger partial charge in [-0.2, -0.15) is 0 Å². The quantitative estimate of drug-likeness (QED) is 0.446. The number of carboxylic acids is 1. The minimum Gasteiger partial charge on any atom is -0.481 e. The van der Waals surface area contributed by atoms with Gasteiger partial charge < -0.3 is 15.2 Å². The standard InChI is InChI=1S/C27H26N2O5/c1-17(14-25(30)31)15-28-26(32)22-12-6-7-13-24(22)29-27(33)34-16-23-20-10-4-2-8-18(20)19-9-3-5-11-21(19)23/h2-13,17,23H,14-16H2,1H3,(H,28,32)(H,29,33)(H,30,31). The van der Waals surface area contributed by atoms with Crippen molar-refractivity contribution in [1.82, 2.24) is 5.32 Å². The smallest absolute Gasteiger partial charge is 0.411 e. The zero-order valence-corrected chi connectivity index (χ0v) is 18.8. The molecule has 7 nitrogen and oxygen atoms in total.